The zero-order valence-electron chi connectivity index (χ0n) is 9.06. The molecule has 1 unspecified atom stereocenters. The van der Waals surface area contributed by atoms with Crippen molar-refractivity contribution in [3.05, 3.63) is 12.7 Å². The lowest BCUT2D eigenvalue weighted by Gasteiger charge is -2.08. The SMILES string of the molecule is C=CCC(C(=O)O)C(=O)SCCNC(C)=O. The second-order valence-corrected chi connectivity index (χ2v) is 4.16. The van der Waals surface area contributed by atoms with Crippen LogP contribution in [0.3, 0.4) is 0 Å². The Kier molecular flexibility index (Phi) is 7.28. The van der Waals surface area contributed by atoms with Crippen LogP contribution in [0.5, 0.6) is 0 Å². The third kappa shape index (κ3) is 6.23. The highest BCUT2D eigenvalue weighted by Gasteiger charge is 2.24. The minimum atomic E-state index is -1.14. The first-order valence-corrected chi connectivity index (χ1v) is 5.72. The van der Waals surface area contributed by atoms with Crippen LogP contribution in [0.1, 0.15) is 13.3 Å². The number of thioether (sulfide) groups is 1. The molecule has 5 nitrogen and oxygen atoms in total. The van der Waals surface area contributed by atoms with Gasteiger partial charge in [-0.2, -0.15) is 0 Å². The molecule has 0 aliphatic rings. The second kappa shape index (κ2) is 7.92. The zero-order valence-corrected chi connectivity index (χ0v) is 9.88. The Morgan fingerprint density at radius 2 is 2.12 bits per heavy atom. The number of allylic oxidation sites excluding steroid dienone is 1. The maximum atomic E-state index is 11.4. The summed E-state index contributed by atoms with van der Waals surface area (Å²) in [7, 11) is 0. The number of carboxylic acid groups (broad SMARTS) is 1. The first kappa shape index (κ1) is 14.7. The van der Waals surface area contributed by atoms with Crippen molar-refractivity contribution in [3.8, 4) is 0 Å². The van der Waals surface area contributed by atoms with Crippen molar-refractivity contribution in [2.24, 2.45) is 5.92 Å². The zero-order chi connectivity index (χ0) is 12.6. The number of hydrogen-bond acceptors (Lipinski definition) is 4. The van der Waals surface area contributed by atoms with Gasteiger partial charge in [-0.3, -0.25) is 14.4 Å². The Labute approximate surface area is 98.3 Å². The smallest absolute Gasteiger partial charge is 0.315 e. The number of carboxylic acids is 1. The molecular weight excluding hydrogens is 230 g/mol. The number of carbonyl (C=O) groups is 3. The first-order chi connectivity index (χ1) is 7.49. The molecule has 2 N–H and O–H groups in total. The molecule has 6 heteroatoms. The molecule has 0 fully saturated rings. The lowest BCUT2D eigenvalue weighted by molar-refractivity contribution is -0.144. The summed E-state index contributed by atoms with van der Waals surface area (Å²) in [6.45, 7) is 5.14. The highest BCUT2D eigenvalue weighted by molar-refractivity contribution is 8.13. The lowest BCUT2D eigenvalue weighted by Crippen LogP contribution is -2.25. The van der Waals surface area contributed by atoms with Crippen LogP contribution < -0.4 is 5.32 Å². The second-order valence-electron chi connectivity index (χ2n) is 3.07. The van der Waals surface area contributed by atoms with E-state index in [0.717, 1.165) is 11.8 Å². The van der Waals surface area contributed by atoms with E-state index in [1.165, 1.54) is 13.0 Å². The number of nitrogens with one attached hydrogen (secondary N) is 1. The maximum absolute atomic E-state index is 11.4. The Hall–Kier alpha value is -1.30. The molecule has 1 amide bonds. The number of hydrogen-bond donors (Lipinski definition) is 2. The Bertz CT molecular complexity index is 291. The summed E-state index contributed by atoms with van der Waals surface area (Å²) < 4.78 is 0. The average molecular weight is 245 g/mol. The normalized spacial score (nSPS) is 11.6. The summed E-state index contributed by atoms with van der Waals surface area (Å²) in [5.74, 6) is -1.98. The van der Waals surface area contributed by atoms with Crippen LogP contribution in [-0.2, 0) is 14.4 Å². The van der Waals surface area contributed by atoms with Crippen LogP contribution in [0, 0.1) is 5.92 Å². The van der Waals surface area contributed by atoms with Crippen LogP contribution >= 0.6 is 11.8 Å². The van der Waals surface area contributed by atoms with Crippen molar-refractivity contribution in [1.82, 2.24) is 5.32 Å². The first-order valence-electron chi connectivity index (χ1n) is 4.73. The van der Waals surface area contributed by atoms with E-state index >= 15 is 0 Å². The summed E-state index contributed by atoms with van der Waals surface area (Å²) in [6, 6.07) is 0. The molecule has 0 aromatic carbocycles. The minimum absolute atomic E-state index is 0.126. The molecule has 90 valence electrons. The van der Waals surface area contributed by atoms with Crippen LogP contribution in [-0.4, -0.2) is 34.4 Å². The Morgan fingerprint density at radius 1 is 1.50 bits per heavy atom. The molecule has 0 radical (unpaired) electrons. The predicted molar refractivity (Wildman–Crippen MR) is 62.1 cm³/mol. The standard InChI is InChI=1S/C10H15NO4S/c1-3-4-8(9(13)14)10(15)16-6-5-11-7(2)12/h3,8H,1,4-6H2,2H3,(H,11,12)(H,13,14). The van der Waals surface area contributed by atoms with Crippen molar-refractivity contribution in [2.75, 3.05) is 12.3 Å². The third-order valence-corrected chi connectivity index (χ3v) is 2.68. The number of rotatable bonds is 7. The highest BCUT2D eigenvalue weighted by atomic mass is 32.2. The average Bonchev–Trinajstić information content (AvgIpc) is 2.19. The summed E-state index contributed by atoms with van der Waals surface area (Å²) in [4.78, 5) is 32.7. The van der Waals surface area contributed by atoms with Crippen LogP contribution in [0.2, 0.25) is 0 Å². The molecule has 0 aliphatic carbocycles. The van der Waals surface area contributed by atoms with E-state index in [0.29, 0.717) is 12.3 Å². The number of amides is 1. The fraction of sp³-hybridized carbons (Fsp3) is 0.500. The van der Waals surface area contributed by atoms with Gasteiger partial charge in [-0.15, -0.1) is 6.58 Å². The van der Waals surface area contributed by atoms with Gasteiger partial charge in [0.25, 0.3) is 0 Å². The molecule has 0 heterocycles. The van der Waals surface area contributed by atoms with Crippen molar-refractivity contribution in [1.29, 1.82) is 0 Å². The van der Waals surface area contributed by atoms with Crippen molar-refractivity contribution < 1.29 is 19.5 Å². The van der Waals surface area contributed by atoms with Gasteiger partial charge in [-0.25, -0.2) is 0 Å². The predicted octanol–water partition coefficient (Wildman–Crippen LogP) is 0.659. The van der Waals surface area contributed by atoms with E-state index in [-0.39, 0.29) is 12.3 Å². The molecule has 0 bridgehead atoms. The monoisotopic (exact) mass is 245 g/mol. The lowest BCUT2D eigenvalue weighted by atomic mass is 10.1. The van der Waals surface area contributed by atoms with E-state index in [9.17, 15) is 14.4 Å². The molecule has 16 heavy (non-hydrogen) atoms. The van der Waals surface area contributed by atoms with Gasteiger partial charge < -0.3 is 10.4 Å². The van der Waals surface area contributed by atoms with Gasteiger partial charge in [0.2, 0.25) is 11.0 Å². The van der Waals surface area contributed by atoms with Crippen molar-refractivity contribution in [3.63, 3.8) is 0 Å². The minimum Gasteiger partial charge on any atom is -0.481 e. The summed E-state index contributed by atoms with van der Waals surface area (Å²) in [5.41, 5.74) is 0. The topological polar surface area (TPSA) is 83.5 Å². The fourth-order valence-electron chi connectivity index (χ4n) is 0.944. The van der Waals surface area contributed by atoms with Gasteiger partial charge in [-0.1, -0.05) is 17.8 Å². The fourth-order valence-corrected chi connectivity index (χ4v) is 1.75. The third-order valence-electron chi connectivity index (χ3n) is 1.71. The Balaban J connectivity index is 3.96. The maximum Gasteiger partial charge on any atom is 0.315 e. The number of aliphatic carboxylic acids is 1. The van der Waals surface area contributed by atoms with E-state index in [1.54, 1.807) is 0 Å². The molecular formula is C10H15NO4S. The van der Waals surface area contributed by atoms with E-state index in [2.05, 4.69) is 11.9 Å². The van der Waals surface area contributed by atoms with Gasteiger partial charge in [0.05, 0.1) is 0 Å². The van der Waals surface area contributed by atoms with Gasteiger partial charge in [-0.05, 0) is 6.42 Å². The molecule has 0 aliphatic heterocycles. The molecule has 0 rings (SSSR count). The Morgan fingerprint density at radius 3 is 2.56 bits per heavy atom. The largest absolute Gasteiger partial charge is 0.481 e. The van der Waals surface area contributed by atoms with E-state index in [4.69, 9.17) is 5.11 Å². The van der Waals surface area contributed by atoms with Gasteiger partial charge in [0.1, 0.15) is 5.92 Å². The molecule has 1 atom stereocenters. The molecule has 0 saturated heterocycles. The van der Waals surface area contributed by atoms with Gasteiger partial charge in [0, 0.05) is 19.2 Å². The van der Waals surface area contributed by atoms with Crippen LogP contribution in [0.15, 0.2) is 12.7 Å². The van der Waals surface area contributed by atoms with Gasteiger partial charge in [0.15, 0.2) is 0 Å². The van der Waals surface area contributed by atoms with E-state index < -0.39 is 17.0 Å². The molecule has 0 saturated carbocycles. The van der Waals surface area contributed by atoms with E-state index in [1.807, 2.05) is 0 Å². The summed E-state index contributed by atoms with van der Waals surface area (Å²) >= 11 is 0.913. The van der Waals surface area contributed by atoms with Crippen molar-refractivity contribution >= 4 is 28.8 Å². The molecule has 0 aromatic heterocycles. The number of carbonyl (C=O) groups excluding carboxylic acids is 2. The molecule has 0 aromatic rings. The highest BCUT2D eigenvalue weighted by Crippen LogP contribution is 2.15. The summed E-state index contributed by atoms with van der Waals surface area (Å²) in [6.07, 6.45) is 1.53. The van der Waals surface area contributed by atoms with Crippen LogP contribution in [0.4, 0.5) is 0 Å². The van der Waals surface area contributed by atoms with Crippen molar-refractivity contribution in [2.45, 2.75) is 13.3 Å². The molecule has 0 spiro atoms. The quantitative estimate of drug-likeness (QED) is 0.391. The summed E-state index contributed by atoms with van der Waals surface area (Å²) in [5, 5.41) is 10.9. The van der Waals surface area contributed by atoms with Crippen LogP contribution in [0.25, 0.3) is 0 Å². The van der Waals surface area contributed by atoms with Gasteiger partial charge >= 0.3 is 5.97 Å².